The predicted molar refractivity (Wildman–Crippen MR) is 88.4 cm³/mol. The molecule has 1 aliphatic rings. The highest BCUT2D eigenvalue weighted by atomic mass is 35.5. The molecule has 0 bridgehead atoms. The van der Waals surface area contributed by atoms with E-state index in [2.05, 4.69) is 16.8 Å². The summed E-state index contributed by atoms with van der Waals surface area (Å²) >= 11 is 6.23. The number of carbonyl (C=O) groups excluding carboxylic acids is 1. The number of nitrogens with zero attached hydrogens (tertiary/aromatic N) is 2. The van der Waals surface area contributed by atoms with Gasteiger partial charge in [-0.05, 0) is 44.4 Å². The van der Waals surface area contributed by atoms with E-state index in [1.807, 2.05) is 38.1 Å². The first-order chi connectivity index (χ1) is 10.5. The van der Waals surface area contributed by atoms with Crippen LogP contribution in [0.25, 0.3) is 0 Å². The smallest absolute Gasteiger partial charge is 0.241 e. The number of benzene rings is 1. The SMILES string of the molecule is CC#Cc1ncc(N2C(=O)C(C)(C)c3ccccc32)cc1Cl. The van der Waals surface area contributed by atoms with Crippen LogP contribution in [0, 0.1) is 11.8 Å². The van der Waals surface area contributed by atoms with Gasteiger partial charge in [-0.1, -0.05) is 35.7 Å². The molecule has 0 fully saturated rings. The zero-order valence-corrected chi connectivity index (χ0v) is 13.4. The van der Waals surface area contributed by atoms with Crippen molar-refractivity contribution in [3.05, 3.63) is 52.8 Å². The average molecular weight is 311 g/mol. The van der Waals surface area contributed by atoms with E-state index in [0.29, 0.717) is 16.4 Å². The minimum Gasteiger partial charge on any atom is -0.278 e. The molecule has 1 aromatic heterocycles. The van der Waals surface area contributed by atoms with Crippen LogP contribution in [0.1, 0.15) is 32.0 Å². The zero-order valence-electron chi connectivity index (χ0n) is 12.6. The molecule has 2 heterocycles. The van der Waals surface area contributed by atoms with Crippen LogP contribution in [0.5, 0.6) is 0 Å². The Morgan fingerprint density at radius 1 is 1.27 bits per heavy atom. The lowest BCUT2D eigenvalue weighted by Crippen LogP contribution is -2.33. The first kappa shape index (κ1) is 14.6. The van der Waals surface area contributed by atoms with Gasteiger partial charge in [0.05, 0.1) is 28.0 Å². The topological polar surface area (TPSA) is 33.2 Å². The maximum Gasteiger partial charge on any atom is 0.241 e. The fourth-order valence-electron chi connectivity index (χ4n) is 2.72. The fraction of sp³-hybridized carbons (Fsp3) is 0.222. The summed E-state index contributed by atoms with van der Waals surface area (Å²) in [4.78, 5) is 18.8. The lowest BCUT2D eigenvalue weighted by molar-refractivity contribution is -0.121. The number of carbonyl (C=O) groups is 1. The van der Waals surface area contributed by atoms with Crippen molar-refractivity contribution in [2.75, 3.05) is 4.90 Å². The van der Waals surface area contributed by atoms with E-state index in [1.165, 1.54) is 0 Å². The number of para-hydroxylation sites is 1. The molecule has 0 aliphatic carbocycles. The van der Waals surface area contributed by atoms with Gasteiger partial charge < -0.3 is 0 Å². The quantitative estimate of drug-likeness (QED) is 0.744. The zero-order chi connectivity index (χ0) is 15.9. The first-order valence-corrected chi connectivity index (χ1v) is 7.37. The summed E-state index contributed by atoms with van der Waals surface area (Å²) in [7, 11) is 0. The molecule has 22 heavy (non-hydrogen) atoms. The van der Waals surface area contributed by atoms with Crippen LogP contribution < -0.4 is 4.90 Å². The fourth-order valence-corrected chi connectivity index (χ4v) is 2.93. The molecule has 3 rings (SSSR count). The summed E-state index contributed by atoms with van der Waals surface area (Å²) in [5.74, 6) is 5.63. The minimum atomic E-state index is -0.565. The lowest BCUT2D eigenvalue weighted by Gasteiger charge is -2.20. The number of halogens is 1. The molecule has 0 spiro atoms. The molecule has 0 atom stereocenters. The van der Waals surface area contributed by atoms with Crippen LogP contribution in [0.2, 0.25) is 5.02 Å². The van der Waals surface area contributed by atoms with Gasteiger partial charge in [-0.15, -0.1) is 0 Å². The van der Waals surface area contributed by atoms with Crippen molar-refractivity contribution in [2.24, 2.45) is 0 Å². The lowest BCUT2D eigenvalue weighted by atomic mass is 9.86. The Labute approximate surface area is 134 Å². The van der Waals surface area contributed by atoms with Crippen molar-refractivity contribution >= 4 is 28.9 Å². The van der Waals surface area contributed by atoms with Crippen molar-refractivity contribution in [3.63, 3.8) is 0 Å². The average Bonchev–Trinajstić information content (AvgIpc) is 2.70. The third kappa shape index (κ3) is 2.08. The maximum atomic E-state index is 12.8. The van der Waals surface area contributed by atoms with Gasteiger partial charge in [0.2, 0.25) is 5.91 Å². The van der Waals surface area contributed by atoms with Crippen LogP contribution in [-0.4, -0.2) is 10.9 Å². The third-order valence-electron chi connectivity index (χ3n) is 3.88. The molecule has 0 radical (unpaired) electrons. The van der Waals surface area contributed by atoms with E-state index in [4.69, 9.17) is 11.6 Å². The highest BCUT2D eigenvalue weighted by Crippen LogP contribution is 2.45. The number of fused-ring (bicyclic) bond motifs is 1. The van der Waals surface area contributed by atoms with E-state index < -0.39 is 5.41 Å². The highest BCUT2D eigenvalue weighted by Gasteiger charge is 2.44. The van der Waals surface area contributed by atoms with Crippen molar-refractivity contribution in [1.29, 1.82) is 0 Å². The Hall–Kier alpha value is -2.31. The molecule has 1 amide bonds. The summed E-state index contributed by atoms with van der Waals surface area (Å²) in [6.45, 7) is 5.59. The molecular weight excluding hydrogens is 296 g/mol. The molecule has 0 N–H and O–H groups in total. The normalized spacial score (nSPS) is 15.3. The molecule has 0 saturated heterocycles. The number of rotatable bonds is 1. The summed E-state index contributed by atoms with van der Waals surface area (Å²) < 4.78 is 0. The first-order valence-electron chi connectivity index (χ1n) is 6.99. The van der Waals surface area contributed by atoms with E-state index in [0.717, 1.165) is 11.3 Å². The van der Waals surface area contributed by atoms with E-state index >= 15 is 0 Å². The van der Waals surface area contributed by atoms with Gasteiger partial charge in [-0.25, -0.2) is 4.98 Å². The molecular formula is C18H15ClN2O. The van der Waals surface area contributed by atoms with E-state index in [9.17, 15) is 4.79 Å². The van der Waals surface area contributed by atoms with Gasteiger partial charge in [0.25, 0.3) is 0 Å². The van der Waals surface area contributed by atoms with Crippen LogP contribution in [0.4, 0.5) is 11.4 Å². The molecule has 110 valence electrons. The Morgan fingerprint density at radius 2 is 2.00 bits per heavy atom. The number of amides is 1. The number of pyridine rings is 1. The molecule has 3 nitrogen and oxygen atoms in total. The summed E-state index contributed by atoms with van der Waals surface area (Å²) in [5, 5.41) is 0.446. The van der Waals surface area contributed by atoms with E-state index in [-0.39, 0.29) is 5.91 Å². The second-order valence-corrected chi connectivity index (χ2v) is 6.09. The van der Waals surface area contributed by atoms with Crippen LogP contribution in [0.15, 0.2) is 36.5 Å². The molecule has 0 saturated carbocycles. The van der Waals surface area contributed by atoms with Gasteiger partial charge in [0, 0.05) is 0 Å². The van der Waals surface area contributed by atoms with E-state index in [1.54, 1.807) is 24.1 Å². The van der Waals surface area contributed by atoms with Gasteiger partial charge in [-0.2, -0.15) is 0 Å². The van der Waals surface area contributed by atoms with Gasteiger partial charge >= 0.3 is 0 Å². The Bertz CT molecular complexity index is 830. The molecule has 1 aliphatic heterocycles. The Kier molecular flexibility index (Phi) is 3.42. The summed E-state index contributed by atoms with van der Waals surface area (Å²) in [6, 6.07) is 9.54. The predicted octanol–water partition coefficient (Wildman–Crippen LogP) is 4.06. The van der Waals surface area contributed by atoms with Crippen molar-refractivity contribution in [2.45, 2.75) is 26.2 Å². The van der Waals surface area contributed by atoms with Crippen molar-refractivity contribution < 1.29 is 4.79 Å². The Balaban J connectivity index is 2.15. The van der Waals surface area contributed by atoms with Crippen LogP contribution in [-0.2, 0) is 10.2 Å². The highest BCUT2D eigenvalue weighted by molar-refractivity contribution is 6.32. The summed E-state index contributed by atoms with van der Waals surface area (Å²) in [6.07, 6.45) is 1.64. The molecule has 1 aromatic carbocycles. The number of hydrogen-bond donors (Lipinski definition) is 0. The molecule has 4 heteroatoms. The van der Waals surface area contributed by atoms with Crippen molar-refractivity contribution in [1.82, 2.24) is 4.98 Å². The van der Waals surface area contributed by atoms with Gasteiger partial charge in [0.15, 0.2) is 0 Å². The number of anilines is 2. The summed E-state index contributed by atoms with van der Waals surface area (Å²) in [5.41, 5.74) is 2.50. The minimum absolute atomic E-state index is 0.0147. The second-order valence-electron chi connectivity index (χ2n) is 5.68. The number of aromatic nitrogens is 1. The Morgan fingerprint density at radius 3 is 2.68 bits per heavy atom. The van der Waals surface area contributed by atoms with Gasteiger partial charge in [0.1, 0.15) is 5.69 Å². The van der Waals surface area contributed by atoms with Crippen molar-refractivity contribution in [3.8, 4) is 11.8 Å². The van der Waals surface area contributed by atoms with Crippen LogP contribution >= 0.6 is 11.6 Å². The van der Waals surface area contributed by atoms with Gasteiger partial charge in [-0.3, -0.25) is 9.69 Å². The maximum absolute atomic E-state index is 12.8. The monoisotopic (exact) mass is 310 g/mol. The second kappa shape index (κ2) is 5.15. The third-order valence-corrected chi connectivity index (χ3v) is 4.17. The van der Waals surface area contributed by atoms with Crippen LogP contribution in [0.3, 0.4) is 0 Å². The number of hydrogen-bond acceptors (Lipinski definition) is 2. The molecule has 2 aromatic rings. The standard InChI is InChI=1S/C18H15ClN2O/c1-4-7-15-14(19)10-12(11-20-15)21-16-9-6-5-8-13(16)18(2,3)17(21)22/h5-6,8-11H,1-3H3. The molecule has 0 unspecified atom stereocenters. The largest absolute Gasteiger partial charge is 0.278 e.